The minimum Gasteiger partial charge on any atom is -0.379 e. The number of morpholine rings is 1. The average Bonchev–Trinajstić information content (AvgIpc) is 2.72. The molecule has 2 aromatic heterocycles. The van der Waals surface area contributed by atoms with Crippen LogP contribution >= 0.6 is 0 Å². The van der Waals surface area contributed by atoms with Gasteiger partial charge >= 0.3 is 0 Å². The quantitative estimate of drug-likeness (QED) is 0.784. The summed E-state index contributed by atoms with van der Waals surface area (Å²) in [7, 11) is 0. The number of nitrogens with zero attached hydrogens (tertiary/aromatic N) is 3. The van der Waals surface area contributed by atoms with Gasteiger partial charge in [-0.3, -0.25) is 4.90 Å². The predicted octanol–water partition coefficient (Wildman–Crippen LogP) is 1.47. The normalized spacial score (nSPS) is 17.7. The number of pyridine rings is 1. The second kappa shape index (κ2) is 4.47. The largest absolute Gasteiger partial charge is 0.379 e. The lowest BCUT2D eigenvalue weighted by Gasteiger charge is -2.26. The lowest BCUT2D eigenvalue weighted by molar-refractivity contribution is 0.0341. The molecule has 1 saturated heterocycles. The maximum atomic E-state index is 5.35. The summed E-state index contributed by atoms with van der Waals surface area (Å²) in [5, 5.41) is 4.35. The van der Waals surface area contributed by atoms with Crippen molar-refractivity contribution in [2.45, 2.75) is 13.5 Å². The minimum atomic E-state index is 0.850. The number of aryl methyl sites for hydroxylation is 1. The van der Waals surface area contributed by atoms with Gasteiger partial charge in [-0.1, -0.05) is 6.07 Å². The molecule has 0 radical (unpaired) electrons. The predicted molar refractivity (Wildman–Crippen MR) is 66.0 cm³/mol. The van der Waals surface area contributed by atoms with Crippen molar-refractivity contribution >= 4 is 5.52 Å². The Balaban J connectivity index is 1.80. The van der Waals surface area contributed by atoms with Crippen molar-refractivity contribution in [3.05, 3.63) is 35.7 Å². The lowest BCUT2D eigenvalue weighted by Crippen LogP contribution is -2.35. The second-order valence-electron chi connectivity index (χ2n) is 4.58. The van der Waals surface area contributed by atoms with E-state index in [1.807, 2.05) is 10.7 Å². The van der Waals surface area contributed by atoms with E-state index in [9.17, 15) is 0 Å². The minimum absolute atomic E-state index is 0.850. The summed E-state index contributed by atoms with van der Waals surface area (Å²) in [6, 6.07) is 4.34. The molecule has 2 aromatic rings. The number of rotatable bonds is 2. The molecule has 3 rings (SSSR count). The Morgan fingerprint density at radius 1 is 1.29 bits per heavy atom. The van der Waals surface area contributed by atoms with Crippen LogP contribution in [-0.2, 0) is 11.3 Å². The van der Waals surface area contributed by atoms with Crippen LogP contribution in [0.15, 0.2) is 24.5 Å². The highest BCUT2D eigenvalue weighted by Gasteiger charge is 2.11. The Morgan fingerprint density at radius 3 is 2.94 bits per heavy atom. The fourth-order valence-corrected chi connectivity index (χ4v) is 2.27. The third kappa shape index (κ3) is 2.18. The molecule has 0 unspecified atom stereocenters. The fraction of sp³-hybridized carbons (Fsp3) is 0.462. The molecule has 0 atom stereocenters. The van der Waals surface area contributed by atoms with Gasteiger partial charge in [0.2, 0.25) is 0 Å². The maximum Gasteiger partial charge on any atom is 0.0690 e. The first kappa shape index (κ1) is 10.7. The molecule has 0 spiro atoms. The number of ether oxygens (including phenoxy) is 1. The molecule has 0 saturated carbocycles. The van der Waals surface area contributed by atoms with Gasteiger partial charge < -0.3 is 4.74 Å². The van der Waals surface area contributed by atoms with Gasteiger partial charge in [0.15, 0.2) is 0 Å². The molecule has 1 aliphatic heterocycles. The van der Waals surface area contributed by atoms with Crippen molar-refractivity contribution < 1.29 is 4.74 Å². The summed E-state index contributed by atoms with van der Waals surface area (Å²) in [5.74, 6) is 0. The number of fused-ring (bicyclic) bond motifs is 1. The van der Waals surface area contributed by atoms with Crippen LogP contribution in [0.5, 0.6) is 0 Å². The zero-order valence-corrected chi connectivity index (χ0v) is 10.1. The first-order chi connectivity index (χ1) is 8.33. The van der Waals surface area contributed by atoms with Crippen LogP contribution in [0.2, 0.25) is 0 Å². The Labute approximate surface area is 101 Å². The van der Waals surface area contributed by atoms with Crippen LogP contribution in [0.25, 0.3) is 5.52 Å². The summed E-state index contributed by atoms with van der Waals surface area (Å²) >= 11 is 0. The summed E-state index contributed by atoms with van der Waals surface area (Å²) in [6.45, 7) is 6.82. The fourth-order valence-electron chi connectivity index (χ4n) is 2.27. The van der Waals surface area contributed by atoms with Crippen molar-refractivity contribution in [1.29, 1.82) is 0 Å². The Bertz CT molecular complexity index is 514. The maximum absolute atomic E-state index is 5.35. The van der Waals surface area contributed by atoms with E-state index in [-0.39, 0.29) is 0 Å². The molecule has 0 aromatic carbocycles. The second-order valence-corrected chi connectivity index (χ2v) is 4.58. The number of hydrogen-bond acceptors (Lipinski definition) is 3. The highest BCUT2D eigenvalue weighted by Crippen LogP contribution is 2.12. The molecular weight excluding hydrogens is 214 g/mol. The van der Waals surface area contributed by atoms with Gasteiger partial charge in [-0.15, -0.1) is 0 Å². The Kier molecular flexibility index (Phi) is 2.82. The number of hydrogen-bond donors (Lipinski definition) is 0. The molecule has 0 aliphatic carbocycles. The van der Waals surface area contributed by atoms with E-state index in [0.29, 0.717) is 0 Å². The molecule has 0 bridgehead atoms. The molecule has 1 fully saturated rings. The highest BCUT2D eigenvalue weighted by atomic mass is 16.5. The van der Waals surface area contributed by atoms with Crippen LogP contribution < -0.4 is 0 Å². The van der Waals surface area contributed by atoms with Crippen LogP contribution in [0, 0.1) is 6.92 Å². The summed E-state index contributed by atoms with van der Waals surface area (Å²) in [6.07, 6.45) is 4.03. The molecular formula is C13H17N3O. The van der Waals surface area contributed by atoms with E-state index >= 15 is 0 Å². The number of aromatic nitrogens is 2. The molecule has 0 amide bonds. The van der Waals surface area contributed by atoms with Crippen molar-refractivity contribution in [1.82, 2.24) is 14.5 Å². The highest BCUT2D eigenvalue weighted by molar-refractivity contribution is 5.53. The van der Waals surface area contributed by atoms with Gasteiger partial charge in [0, 0.05) is 25.8 Å². The van der Waals surface area contributed by atoms with Gasteiger partial charge in [0.25, 0.3) is 0 Å². The van der Waals surface area contributed by atoms with Gasteiger partial charge in [-0.05, 0) is 24.1 Å². The van der Waals surface area contributed by atoms with E-state index in [4.69, 9.17) is 4.74 Å². The molecule has 90 valence electrons. The summed E-state index contributed by atoms with van der Waals surface area (Å²) < 4.78 is 7.32. The summed E-state index contributed by atoms with van der Waals surface area (Å²) in [5.41, 5.74) is 3.72. The SMILES string of the molecule is Cc1cnn2cc(CN3CCOCC3)ccc12. The van der Waals surface area contributed by atoms with Gasteiger partial charge in [0.05, 0.1) is 24.9 Å². The van der Waals surface area contributed by atoms with Crippen LogP contribution in [0.4, 0.5) is 0 Å². The zero-order valence-electron chi connectivity index (χ0n) is 10.1. The van der Waals surface area contributed by atoms with E-state index < -0.39 is 0 Å². The lowest BCUT2D eigenvalue weighted by atomic mass is 10.2. The van der Waals surface area contributed by atoms with E-state index in [1.54, 1.807) is 0 Å². The molecule has 4 nitrogen and oxygen atoms in total. The smallest absolute Gasteiger partial charge is 0.0690 e. The standard InChI is InChI=1S/C13H17N3O/c1-11-8-14-16-10-12(2-3-13(11)16)9-15-4-6-17-7-5-15/h2-3,8,10H,4-7,9H2,1H3. The third-order valence-electron chi connectivity index (χ3n) is 3.28. The Hall–Kier alpha value is -1.39. The van der Waals surface area contributed by atoms with E-state index in [1.165, 1.54) is 16.6 Å². The van der Waals surface area contributed by atoms with Gasteiger partial charge in [-0.2, -0.15) is 5.10 Å². The molecule has 3 heterocycles. The molecule has 0 N–H and O–H groups in total. The third-order valence-corrected chi connectivity index (χ3v) is 3.28. The van der Waals surface area contributed by atoms with Gasteiger partial charge in [-0.25, -0.2) is 4.52 Å². The van der Waals surface area contributed by atoms with Crippen molar-refractivity contribution in [2.24, 2.45) is 0 Å². The summed E-state index contributed by atoms with van der Waals surface area (Å²) in [4.78, 5) is 2.42. The Morgan fingerprint density at radius 2 is 2.12 bits per heavy atom. The topological polar surface area (TPSA) is 29.8 Å². The van der Waals surface area contributed by atoms with Crippen LogP contribution in [-0.4, -0.2) is 40.8 Å². The van der Waals surface area contributed by atoms with E-state index in [2.05, 4.69) is 35.3 Å². The molecule has 17 heavy (non-hydrogen) atoms. The van der Waals surface area contributed by atoms with Gasteiger partial charge in [0.1, 0.15) is 0 Å². The molecule has 1 aliphatic rings. The van der Waals surface area contributed by atoms with Crippen molar-refractivity contribution in [2.75, 3.05) is 26.3 Å². The van der Waals surface area contributed by atoms with E-state index in [0.717, 1.165) is 32.8 Å². The first-order valence-corrected chi connectivity index (χ1v) is 6.06. The van der Waals surface area contributed by atoms with Crippen molar-refractivity contribution in [3.63, 3.8) is 0 Å². The monoisotopic (exact) mass is 231 g/mol. The average molecular weight is 231 g/mol. The first-order valence-electron chi connectivity index (χ1n) is 6.06. The van der Waals surface area contributed by atoms with Crippen LogP contribution in [0.3, 0.4) is 0 Å². The zero-order chi connectivity index (χ0) is 11.7. The van der Waals surface area contributed by atoms with Crippen LogP contribution in [0.1, 0.15) is 11.1 Å². The molecule has 4 heteroatoms. The van der Waals surface area contributed by atoms with Crippen molar-refractivity contribution in [3.8, 4) is 0 Å².